The summed E-state index contributed by atoms with van der Waals surface area (Å²) in [5.74, 6) is -0.851. The lowest BCUT2D eigenvalue weighted by molar-refractivity contribution is -0.142. The summed E-state index contributed by atoms with van der Waals surface area (Å²) < 4.78 is 28.4. The van der Waals surface area contributed by atoms with Gasteiger partial charge in [0.15, 0.2) is 0 Å². The Labute approximate surface area is 120 Å². The van der Waals surface area contributed by atoms with Gasteiger partial charge in [-0.3, -0.25) is 4.79 Å². The van der Waals surface area contributed by atoms with Gasteiger partial charge in [-0.1, -0.05) is 6.92 Å². The lowest BCUT2D eigenvalue weighted by atomic mass is 9.94. The molecular weight excluding hydrogens is 280 g/mol. The Balaban J connectivity index is 2.06. The topological polar surface area (TPSA) is 77.9 Å². The summed E-state index contributed by atoms with van der Waals surface area (Å²) in [6, 6.07) is 0.0194. The van der Waals surface area contributed by atoms with Crippen molar-refractivity contribution in [2.75, 3.05) is 19.6 Å². The van der Waals surface area contributed by atoms with E-state index >= 15 is 0 Å². The quantitative estimate of drug-likeness (QED) is 0.848. The summed E-state index contributed by atoms with van der Waals surface area (Å²) in [6.07, 6.45) is 2.78. The molecule has 0 radical (unpaired) electrons. The summed E-state index contributed by atoms with van der Waals surface area (Å²) in [5, 5.41) is 8.97. The molecule has 0 amide bonds. The largest absolute Gasteiger partial charge is 0.481 e. The summed E-state index contributed by atoms with van der Waals surface area (Å²) in [6.45, 7) is 5.26. The van der Waals surface area contributed by atoms with E-state index < -0.39 is 22.1 Å². The fraction of sp³-hybridized carbons (Fsp3) is 0.923. The maximum Gasteiger partial charge on any atom is 0.306 e. The molecule has 0 aromatic carbocycles. The highest BCUT2D eigenvalue weighted by atomic mass is 32.2. The van der Waals surface area contributed by atoms with E-state index in [2.05, 4.69) is 6.92 Å². The highest BCUT2D eigenvalue weighted by Crippen LogP contribution is 2.29. The number of carboxylic acids is 1. The van der Waals surface area contributed by atoms with Crippen molar-refractivity contribution in [3.8, 4) is 0 Å². The van der Waals surface area contributed by atoms with Crippen molar-refractivity contribution in [3.63, 3.8) is 0 Å². The van der Waals surface area contributed by atoms with Crippen LogP contribution in [0, 0.1) is 11.8 Å². The fourth-order valence-corrected chi connectivity index (χ4v) is 5.06. The van der Waals surface area contributed by atoms with E-state index in [0.717, 1.165) is 12.8 Å². The van der Waals surface area contributed by atoms with Crippen LogP contribution in [-0.4, -0.2) is 53.8 Å². The third-order valence-electron chi connectivity index (χ3n) is 4.74. The molecule has 116 valence electrons. The smallest absolute Gasteiger partial charge is 0.306 e. The van der Waals surface area contributed by atoms with Gasteiger partial charge < -0.3 is 5.11 Å². The van der Waals surface area contributed by atoms with Gasteiger partial charge >= 0.3 is 5.97 Å². The van der Waals surface area contributed by atoms with E-state index in [-0.39, 0.29) is 6.04 Å². The Morgan fingerprint density at radius 3 is 2.25 bits per heavy atom. The molecule has 2 aliphatic heterocycles. The van der Waals surface area contributed by atoms with E-state index in [0.29, 0.717) is 38.4 Å². The molecule has 2 rings (SSSR count). The van der Waals surface area contributed by atoms with Crippen molar-refractivity contribution in [3.05, 3.63) is 0 Å². The maximum atomic E-state index is 12.7. The first-order valence-corrected chi connectivity index (χ1v) is 8.73. The number of nitrogens with zero attached hydrogens (tertiary/aromatic N) is 2. The van der Waals surface area contributed by atoms with E-state index in [4.69, 9.17) is 5.11 Å². The van der Waals surface area contributed by atoms with Crippen molar-refractivity contribution in [1.82, 2.24) is 8.61 Å². The Bertz CT molecular complexity index is 457. The minimum Gasteiger partial charge on any atom is -0.481 e. The standard InChI is InChI=1S/C13H24N2O4S/c1-10-4-3-7-15(11(10)2)20(18,19)14-8-5-12(6-9-14)13(16)17/h10-12H,3-9H2,1-2H3,(H,16,17). The van der Waals surface area contributed by atoms with E-state index in [1.807, 2.05) is 6.92 Å². The molecule has 0 aromatic rings. The van der Waals surface area contributed by atoms with Crippen molar-refractivity contribution in [1.29, 1.82) is 0 Å². The van der Waals surface area contributed by atoms with Crippen LogP contribution in [0.25, 0.3) is 0 Å². The van der Waals surface area contributed by atoms with Crippen molar-refractivity contribution >= 4 is 16.2 Å². The number of piperidine rings is 2. The molecule has 2 saturated heterocycles. The van der Waals surface area contributed by atoms with Crippen LogP contribution in [0.15, 0.2) is 0 Å². The molecule has 0 aliphatic carbocycles. The van der Waals surface area contributed by atoms with E-state index in [9.17, 15) is 13.2 Å². The molecule has 0 saturated carbocycles. The number of carbonyl (C=O) groups is 1. The van der Waals surface area contributed by atoms with Crippen LogP contribution in [-0.2, 0) is 15.0 Å². The van der Waals surface area contributed by atoms with Crippen molar-refractivity contribution < 1.29 is 18.3 Å². The Kier molecular flexibility index (Phi) is 4.71. The molecule has 20 heavy (non-hydrogen) atoms. The molecule has 6 nitrogen and oxygen atoms in total. The van der Waals surface area contributed by atoms with Crippen LogP contribution in [0.4, 0.5) is 0 Å². The van der Waals surface area contributed by atoms with Gasteiger partial charge in [0.1, 0.15) is 0 Å². The number of rotatable bonds is 3. The maximum absolute atomic E-state index is 12.7. The first-order valence-electron chi connectivity index (χ1n) is 7.33. The predicted octanol–water partition coefficient (Wildman–Crippen LogP) is 1.15. The lowest BCUT2D eigenvalue weighted by Gasteiger charge is -2.41. The normalized spacial score (nSPS) is 31.3. The highest BCUT2D eigenvalue weighted by Gasteiger charge is 2.39. The third kappa shape index (κ3) is 2.99. The molecular formula is C13H24N2O4S. The SMILES string of the molecule is CC1CCCN(S(=O)(=O)N2CCC(C(=O)O)CC2)C1C. The second-order valence-corrected chi connectivity index (χ2v) is 7.87. The summed E-state index contributed by atoms with van der Waals surface area (Å²) in [5.41, 5.74) is 0. The average molecular weight is 304 g/mol. The Morgan fingerprint density at radius 1 is 1.10 bits per heavy atom. The minimum atomic E-state index is -3.44. The van der Waals surface area contributed by atoms with E-state index in [1.54, 1.807) is 4.31 Å². The lowest BCUT2D eigenvalue weighted by Crippen LogP contribution is -2.53. The minimum absolute atomic E-state index is 0.0194. The summed E-state index contributed by atoms with van der Waals surface area (Å²) in [4.78, 5) is 10.9. The van der Waals surface area contributed by atoms with Gasteiger partial charge in [0.2, 0.25) is 0 Å². The molecule has 0 aromatic heterocycles. The van der Waals surface area contributed by atoms with Crippen LogP contribution >= 0.6 is 0 Å². The van der Waals surface area contributed by atoms with Gasteiger partial charge in [0.25, 0.3) is 10.2 Å². The molecule has 2 unspecified atom stereocenters. The van der Waals surface area contributed by atoms with Gasteiger partial charge in [-0.2, -0.15) is 17.0 Å². The second-order valence-electron chi connectivity index (χ2n) is 5.99. The molecule has 0 bridgehead atoms. The van der Waals surface area contributed by atoms with Crippen LogP contribution < -0.4 is 0 Å². The monoisotopic (exact) mass is 304 g/mol. The molecule has 2 fully saturated rings. The number of hydrogen-bond donors (Lipinski definition) is 1. The van der Waals surface area contributed by atoms with Crippen molar-refractivity contribution in [2.24, 2.45) is 11.8 Å². The molecule has 1 N–H and O–H groups in total. The van der Waals surface area contributed by atoms with Gasteiger partial charge in [0, 0.05) is 25.7 Å². The third-order valence-corrected chi connectivity index (χ3v) is 6.87. The van der Waals surface area contributed by atoms with Crippen molar-refractivity contribution in [2.45, 2.75) is 45.6 Å². The van der Waals surface area contributed by atoms with Gasteiger partial charge in [-0.15, -0.1) is 0 Å². The zero-order chi connectivity index (χ0) is 14.9. The number of aliphatic carboxylic acids is 1. The van der Waals surface area contributed by atoms with Gasteiger partial charge in [-0.25, -0.2) is 0 Å². The first kappa shape index (κ1) is 15.7. The van der Waals surface area contributed by atoms with Crippen LogP contribution in [0.2, 0.25) is 0 Å². The Morgan fingerprint density at radius 2 is 1.70 bits per heavy atom. The van der Waals surface area contributed by atoms with E-state index in [1.165, 1.54) is 4.31 Å². The predicted molar refractivity (Wildman–Crippen MR) is 75.4 cm³/mol. The molecule has 2 aliphatic rings. The van der Waals surface area contributed by atoms with Gasteiger partial charge in [-0.05, 0) is 38.5 Å². The number of carboxylic acid groups (broad SMARTS) is 1. The molecule has 2 heterocycles. The second kappa shape index (κ2) is 5.99. The molecule has 2 atom stereocenters. The fourth-order valence-electron chi connectivity index (χ4n) is 3.11. The van der Waals surface area contributed by atoms with Crippen LogP contribution in [0.1, 0.15) is 39.5 Å². The Hall–Kier alpha value is -0.660. The average Bonchev–Trinajstić information content (AvgIpc) is 2.41. The zero-order valence-corrected chi connectivity index (χ0v) is 13.0. The molecule has 7 heteroatoms. The zero-order valence-electron chi connectivity index (χ0n) is 12.2. The first-order chi connectivity index (χ1) is 9.34. The summed E-state index contributed by atoms with van der Waals surface area (Å²) >= 11 is 0. The molecule has 0 spiro atoms. The van der Waals surface area contributed by atoms with Gasteiger partial charge in [0.05, 0.1) is 5.92 Å². The summed E-state index contributed by atoms with van der Waals surface area (Å²) in [7, 11) is -3.44. The highest BCUT2D eigenvalue weighted by molar-refractivity contribution is 7.86. The number of hydrogen-bond acceptors (Lipinski definition) is 3. The van der Waals surface area contributed by atoms with Crippen LogP contribution in [0.5, 0.6) is 0 Å². The van der Waals surface area contributed by atoms with Crippen LogP contribution in [0.3, 0.4) is 0 Å².